The number of rotatable bonds is 6. The van der Waals surface area contributed by atoms with Crippen LogP contribution in [0.5, 0.6) is 11.5 Å². The quantitative estimate of drug-likeness (QED) is 0.830. The molecule has 2 unspecified atom stereocenters. The van der Waals surface area contributed by atoms with Crippen LogP contribution in [0, 0.1) is 11.8 Å². The fraction of sp³-hybridized carbons (Fsp3) is 0.650. The molecule has 2 atom stereocenters. The van der Waals surface area contributed by atoms with E-state index in [1.807, 2.05) is 18.2 Å². The van der Waals surface area contributed by atoms with Crippen molar-refractivity contribution in [3.63, 3.8) is 0 Å². The summed E-state index contributed by atoms with van der Waals surface area (Å²) in [6.45, 7) is 0. The average molecular weight is 346 g/mol. The van der Waals surface area contributed by atoms with Crippen LogP contribution >= 0.6 is 0 Å². The number of carbonyl (C=O) groups excluding carboxylic acids is 1. The number of amides is 1. The topological polar surface area (TPSA) is 73.6 Å². The van der Waals surface area contributed by atoms with Crippen LogP contribution in [0.1, 0.15) is 44.1 Å². The molecule has 25 heavy (non-hydrogen) atoms. The van der Waals surface area contributed by atoms with Crippen LogP contribution < -0.4 is 20.5 Å². The van der Waals surface area contributed by atoms with Crippen LogP contribution in [0.3, 0.4) is 0 Å². The molecule has 3 rings (SSSR count). The van der Waals surface area contributed by atoms with Gasteiger partial charge < -0.3 is 20.5 Å². The molecular formula is C20H30N2O3. The Morgan fingerprint density at radius 2 is 1.92 bits per heavy atom. The number of nitrogens with two attached hydrogens (primary N) is 1. The number of hydrogen-bond donors (Lipinski definition) is 2. The lowest BCUT2D eigenvalue weighted by molar-refractivity contribution is -0.123. The molecule has 2 bridgehead atoms. The third-order valence-corrected chi connectivity index (χ3v) is 5.81. The van der Waals surface area contributed by atoms with Gasteiger partial charge in [-0.2, -0.15) is 0 Å². The zero-order valence-electron chi connectivity index (χ0n) is 15.3. The van der Waals surface area contributed by atoms with E-state index < -0.39 is 0 Å². The van der Waals surface area contributed by atoms with Crippen LogP contribution in [0.15, 0.2) is 18.2 Å². The molecule has 0 aromatic heterocycles. The molecule has 2 fully saturated rings. The van der Waals surface area contributed by atoms with E-state index in [0.29, 0.717) is 36.8 Å². The van der Waals surface area contributed by atoms with E-state index in [1.165, 1.54) is 19.3 Å². The molecule has 0 saturated heterocycles. The number of methoxy groups -OCH3 is 2. The summed E-state index contributed by atoms with van der Waals surface area (Å²) in [5, 5.41) is 3.31. The van der Waals surface area contributed by atoms with Gasteiger partial charge >= 0.3 is 0 Å². The fourth-order valence-electron chi connectivity index (χ4n) is 4.61. The number of hydrogen-bond acceptors (Lipinski definition) is 4. The van der Waals surface area contributed by atoms with Crippen LogP contribution in [-0.2, 0) is 11.2 Å². The van der Waals surface area contributed by atoms with Gasteiger partial charge in [0, 0.05) is 18.5 Å². The van der Waals surface area contributed by atoms with Gasteiger partial charge in [0.25, 0.3) is 0 Å². The molecular weight excluding hydrogens is 316 g/mol. The highest BCUT2D eigenvalue weighted by Gasteiger charge is 2.39. The van der Waals surface area contributed by atoms with Crippen LogP contribution in [0.4, 0.5) is 0 Å². The van der Waals surface area contributed by atoms with Gasteiger partial charge in [0.1, 0.15) is 11.5 Å². The van der Waals surface area contributed by atoms with Gasteiger partial charge in [0.15, 0.2) is 0 Å². The van der Waals surface area contributed by atoms with Gasteiger partial charge in [-0.25, -0.2) is 0 Å². The van der Waals surface area contributed by atoms with Crippen molar-refractivity contribution in [2.24, 2.45) is 17.6 Å². The van der Waals surface area contributed by atoms with Crippen LogP contribution in [0.25, 0.3) is 0 Å². The highest BCUT2D eigenvalue weighted by Crippen LogP contribution is 2.39. The average Bonchev–Trinajstić information content (AvgIpc) is 2.60. The minimum Gasteiger partial charge on any atom is -0.497 e. The molecule has 2 aliphatic rings. The third kappa shape index (κ3) is 4.27. The van der Waals surface area contributed by atoms with E-state index in [4.69, 9.17) is 15.2 Å². The van der Waals surface area contributed by atoms with Crippen molar-refractivity contribution >= 4 is 5.91 Å². The maximum Gasteiger partial charge on any atom is 0.220 e. The van der Waals surface area contributed by atoms with E-state index in [-0.39, 0.29) is 5.91 Å². The van der Waals surface area contributed by atoms with Crippen molar-refractivity contribution in [2.75, 3.05) is 14.2 Å². The van der Waals surface area contributed by atoms with E-state index in [1.54, 1.807) is 14.2 Å². The minimum atomic E-state index is 0.127. The first-order valence-electron chi connectivity index (χ1n) is 9.36. The maximum atomic E-state index is 12.5. The van der Waals surface area contributed by atoms with Gasteiger partial charge in [-0.15, -0.1) is 0 Å². The third-order valence-electron chi connectivity index (χ3n) is 5.81. The van der Waals surface area contributed by atoms with E-state index in [2.05, 4.69) is 5.32 Å². The summed E-state index contributed by atoms with van der Waals surface area (Å²) in [4.78, 5) is 12.5. The Morgan fingerprint density at radius 3 is 2.56 bits per heavy atom. The second kappa shape index (κ2) is 8.09. The largest absolute Gasteiger partial charge is 0.497 e. The van der Waals surface area contributed by atoms with Crippen LogP contribution in [-0.4, -0.2) is 32.2 Å². The first-order chi connectivity index (χ1) is 12.1. The zero-order valence-corrected chi connectivity index (χ0v) is 15.3. The molecule has 0 radical (unpaired) electrons. The number of nitrogens with one attached hydrogen (secondary N) is 1. The molecule has 2 aliphatic carbocycles. The summed E-state index contributed by atoms with van der Waals surface area (Å²) < 4.78 is 10.7. The molecule has 5 heteroatoms. The molecule has 0 heterocycles. The Kier molecular flexibility index (Phi) is 5.84. The minimum absolute atomic E-state index is 0.127. The Morgan fingerprint density at radius 1 is 1.20 bits per heavy atom. The SMILES string of the molecule is COc1ccc(OC)c(CCC(=O)NC2C3CCCC2CC(N)C3)c1. The monoisotopic (exact) mass is 346 g/mol. The van der Waals surface area contributed by atoms with Gasteiger partial charge in [0.05, 0.1) is 14.2 Å². The highest BCUT2D eigenvalue weighted by atomic mass is 16.5. The second-order valence-electron chi connectivity index (χ2n) is 7.45. The number of carbonyl (C=O) groups is 1. The summed E-state index contributed by atoms with van der Waals surface area (Å²) in [5.74, 6) is 2.82. The molecule has 0 aliphatic heterocycles. The summed E-state index contributed by atoms with van der Waals surface area (Å²) in [6.07, 6.45) is 6.86. The Balaban J connectivity index is 1.58. The number of aryl methyl sites for hydroxylation is 1. The second-order valence-corrected chi connectivity index (χ2v) is 7.45. The molecule has 2 saturated carbocycles. The molecule has 138 valence electrons. The van der Waals surface area contributed by atoms with Gasteiger partial charge in [-0.1, -0.05) is 6.42 Å². The molecule has 1 aromatic rings. The van der Waals surface area contributed by atoms with Crippen molar-refractivity contribution in [2.45, 2.75) is 57.0 Å². The smallest absolute Gasteiger partial charge is 0.220 e. The number of benzene rings is 1. The Hall–Kier alpha value is -1.75. The summed E-state index contributed by atoms with van der Waals surface area (Å²) in [6, 6.07) is 6.33. The maximum absolute atomic E-state index is 12.5. The van der Waals surface area contributed by atoms with Crippen molar-refractivity contribution in [3.05, 3.63) is 23.8 Å². The summed E-state index contributed by atoms with van der Waals surface area (Å²) in [7, 11) is 3.29. The van der Waals surface area contributed by atoms with E-state index >= 15 is 0 Å². The van der Waals surface area contributed by atoms with Gasteiger partial charge in [0.2, 0.25) is 5.91 Å². The zero-order chi connectivity index (χ0) is 17.8. The molecule has 0 spiro atoms. The number of fused-ring (bicyclic) bond motifs is 2. The molecule has 3 N–H and O–H groups in total. The molecule has 1 aromatic carbocycles. The van der Waals surface area contributed by atoms with Gasteiger partial charge in [-0.05, 0) is 67.7 Å². The fourth-order valence-corrected chi connectivity index (χ4v) is 4.61. The van der Waals surface area contributed by atoms with Crippen LogP contribution in [0.2, 0.25) is 0 Å². The first-order valence-corrected chi connectivity index (χ1v) is 9.36. The van der Waals surface area contributed by atoms with Crippen molar-refractivity contribution < 1.29 is 14.3 Å². The summed E-state index contributed by atoms with van der Waals surface area (Å²) >= 11 is 0. The van der Waals surface area contributed by atoms with Crippen molar-refractivity contribution in [1.29, 1.82) is 0 Å². The first kappa shape index (κ1) is 18.1. The molecule has 1 amide bonds. The number of ether oxygens (including phenoxy) is 2. The lowest BCUT2D eigenvalue weighted by Crippen LogP contribution is -2.53. The molecule has 5 nitrogen and oxygen atoms in total. The Labute approximate surface area is 150 Å². The van der Waals surface area contributed by atoms with Crippen molar-refractivity contribution in [1.82, 2.24) is 5.32 Å². The normalized spacial score (nSPS) is 28.3. The predicted octanol–water partition coefficient (Wildman–Crippen LogP) is 2.66. The standard InChI is InChI=1S/C20H30N2O3/c1-24-17-7-8-18(25-2)13(12-17)6-9-19(23)22-20-14-4-3-5-15(20)11-16(21)10-14/h7-8,12,14-16,20H,3-6,9-11,21H2,1-2H3,(H,22,23). The summed E-state index contributed by atoms with van der Waals surface area (Å²) in [5.41, 5.74) is 7.18. The lowest BCUT2D eigenvalue weighted by atomic mass is 9.67. The highest BCUT2D eigenvalue weighted by molar-refractivity contribution is 5.76. The predicted molar refractivity (Wildman–Crippen MR) is 97.8 cm³/mol. The van der Waals surface area contributed by atoms with E-state index in [9.17, 15) is 4.79 Å². The van der Waals surface area contributed by atoms with Gasteiger partial charge in [-0.3, -0.25) is 4.79 Å². The van der Waals surface area contributed by atoms with Crippen molar-refractivity contribution in [3.8, 4) is 11.5 Å². The lowest BCUT2D eigenvalue weighted by Gasteiger charge is -2.45. The Bertz CT molecular complexity index is 591. The van der Waals surface area contributed by atoms with E-state index in [0.717, 1.165) is 29.9 Å².